The summed E-state index contributed by atoms with van der Waals surface area (Å²) in [5, 5.41) is 14.8. The molecular weight excluding hydrogens is 226 g/mol. The molecule has 1 fully saturated rings. The Labute approximate surface area is 111 Å². The first-order valence-electron chi connectivity index (χ1n) is 7.39. The van der Waals surface area contributed by atoms with Gasteiger partial charge >= 0.3 is 0 Å². The van der Waals surface area contributed by atoms with Crippen LogP contribution in [0.2, 0.25) is 0 Å². The van der Waals surface area contributed by atoms with Crippen LogP contribution in [-0.2, 0) is 0 Å². The molecular formula is C14H29N3O. The summed E-state index contributed by atoms with van der Waals surface area (Å²) in [6.45, 7) is 4.56. The van der Waals surface area contributed by atoms with E-state index < -0.39 is 0 Å². The molecule has 0 unspecified atom stereocenters. The molecule has 0 atom stereocenters. The second kappa shape index (κ2) is 9.20. The lowest BCUT2D eigenvalue weighted by molar-refractivity contribution is 0.275. The zero-order chi connectivity index (χ0) is 13.2. The second-order valence-corrected chi connectivity index (χ2v) is 5.71. The minimum Gasteiger partial charge on any atom is -0.409 e. The third-order valence-corrected chi connectivity index (χ3v) is 4.03. The highest BCUT2D eigenvalue weighted by Crippen LogP contribution is 2.29. The summed E-state index contributed by atoms with van der Waals surface area (Å²) in [6.07, 6.45) is 9.79. The van der Waals surface area contributed by atoms with E-state index in [1.165, 1.54) is 32.1 Å². The molecule has 1 rings (SSSR count). The minimum atomic E-state index is 0.339. The Bertz CT molecular complexity index is 235. The standard InChI is InChI=1S/C14H29N3O/c1-12-5-7-13(8-6-12)9-11-16-10-3-2-4-14(15)17-18/h12-13,16,18H,2-11H2,1H3,(H2,15,17). The highest BCUT2D eigenvalue weighted by molar-refractivity contribution is 5.79. The highest BCUT2D eigenvalue weighted by atomic mass is 16.4. The lowest BCUT2D eigenvalue weighted by Crippen LogP contribution is -2.22. The molecule has 0 saturated heterocycles. The molecule has 0 aromatic rings. The number of nitrogens with two attached hydrogens (primary N) is 1. The summed E-state index contributed by atoms with van der Waals surface area (Å²) >= 11 is 0. The monoisotopic (exact) mass is 255 g/mol. The van der Waals surface area contributed by atoms with Crippen molar-refractivity contribution in [1.29, 1.82) is 0 Å². The molecule has 0 radical (unpaired) electrons. The van der Waals surface area contributed by atoms with Gasteiger partial charge in [-0.15, -0.1) is 0 Å². The van der Waals surface area contributed by atoms with Gasteiger partial charge in [0.2, 0.25) is 0 Å². The number of nitrogens with one attached hydrogen (secondary N) is 1. The Morgan fingerprint density at radius 2 is 1.94 bits per heavy atom. The van der Waals surface area contributed by atoms with Crippen LogP contribution in [0, 0.1) is 11.8 Å². The highest BCUT2D eigenvalue weighted by Gasteiger charge is 2.17. The summed E-state index contributed by atoms with van der Waals surface area (Å²) in [7, 11) is 0. The molecule has 1 aliphatic rings. The van der Waals surface area contributed by atoms with Crippen molar-refractivity contribution in [3.63, 3.8) is 0 Å². The lowest BCUT2D eigenvalue weighted by Gasteiger charge is -2.26. The van der Waals surface area contributed by atoms with E-state index in [4.69, 9.17) is 10.9 Å². The smallest absolute Gasteiger partial charge is 0.139 e. The van der Waals surface area contributed by atoms with Gasteiger partial charge in [0, 0.05) is 6.42 Å². The predicted octanol–water partition coefficient (Wildman–Crippen LogP) is 2.71. The number of unbranched alkanes of at least 4 members (excludes halogenated alkanes) is 1. The fraction of sp³-hybridized carbons (Fsp3) is 0.929. The Morgan fingerprint density at radius 3 is 2.61 bits per heavy atom. The molecule has 4 nitrogen and oxygen atoms in total. The van der Waals surface area contributed by atoms with Crippen LogP contribution in [0.25, 0.3) is 0 Å². The Kier molecular flexibility index (Phi) is 7.81. The molecule has 4 heteroatoms. The van der Waals surface area contributed by atoms with Crippen LogP contribution in [0.4, 0.5) is 0 Å². The van der Waals surface area contributed by atoms with Gasteiger partial charge in [-0.05, 0) is 44.2 Å². The van der Waals surface area contributed by atoms with Crippen LogP contribution in [0.15, 0.2) is 5.16 Å². The maximum atomic E-state index is 8.39. The zero-order valence-electron chi connectivity index (χ0n) is 11.7. The van der Waals surface area contributed by atoms with Crippen molar-refractivity contribution in [2.24, 2.45) is 22.7 Å². The van der Waals surface area contributed by atoms with Crippen LogP contribution in [0.3, 0.4) is 0 Å². The molecule has 1 aliphatic carbocycles. The number of hydrogen-bond donors (Lipinski definition) is 3. The van der Waals surface area contributed by atoms with Gasteiger partial charge in [-0.25, -0.2) is 0 Å². The first-order valence-corrected chi connectivity index (χ1v) is 7.39. The second-order valence-electron chi connectivity index (χ2n) is 5.71. The van der Waals surface area contributed by atoms with Gasteiger partial charge in [-0.3, -0.25) is 0 Å². The molecule has 0 aliphatic heterocycles. The van der Waals surface area contributed by atoms with E-state index in [0.717, 1.165) is 37.8 Å². The third-order valence-electron chi connectivity index (χ3n) is 4.03. The van der Waals surface area contributed by atoms with Crippen molar-refractivity contribution in [3.05, 3.63) is 0 Å². The molecule has 0 aromatic heterocycles. The summed E-state index contributed by atoms with van der Waals surface area (Å²) in [4.78, 5) is 0. The quantitative estimate of drug-likeness (QED) is 0.205. The van der Waals surface area contributed by atoms with E-state index in [-0.39, 0.29) is 0 Å². The Morgan fingerprint density at radius 1 is 1.22 bits per heavy atom. The molecule has 0 spiro atoms. The first kappa shape index (κ1) is 15.3. The number of nitrogens with zero attached hydrogens (tertiary/aromatic N) is 1. The molecule has 0 aromatic carbocycles. The molecule has 0 heterocycles. The van der Waals surface area contributed by atoms with Crippen LogP contribution < -0.4 is 11.1 Å². The summed E-state index contributed by atoms with van der Waals surface area (Å²) < 4.78 is 0. The number of hydrogen-bond acceptors (Lipinski definition) is 3. The van der Waals surface area contributed by atoms with E-state index in [1.807, 2.05) is 0 Å². The maximum Gasteiger partial charge on any atom is 0.139 e. The van der Waals surface area contributed by atoms with Crippen molar-refractivity contribution in [2.75, 3.05) is 13.1 Å². The van der Waals surface area contributed by atoms with Crippen molar-refractivity contribution in [1.82, 2.24) is 5.32 Å². The fourth-order valence-electron chi connectivity index (χ4n) is 2.66. The largest absolute Gasteiger partial charge is 0.409 e. The number of amidine groups is 1. The van der Waals surface area contributed by atoms with Crippen molar-refractivity contribution < 1.29 is 5.21 Å². The lowest BCUT2D eigenvalue weighted by atomic mass is 9.81. The van der Waals surface area contributed by atoms with E-state index in [1.54, 1.807) is 0 Å². The fourth-order valence-corrected chi connectivity index (χ4v) is 2.66. The van der Waals surface area contributed by atoms with Gasteiger partial charge in [-0.2, -0.15) is 0 Å². The van der Waals surface area contributed by atoms with Crippen LogP contribution in [0.5, 0.6) is 0 Å². The Hall–Kier alpha value is -0.770. The van der Waals surface area contributed by atoms with E-state index >= 15 is 0 Å². The SMILES string of the molecule is CC1CCC(CCNCCCCC(N)=NO)CC1. The van der Waals surface area contributed by atoms with Crippen LogP contribution >= 0.6 is 0 Å². The van der Waals surface area contributed by atoms with Crippen LogP contribution in [-0.4, -0.2) is 24.1 Å². The van der Waals surface area contributed by atoms with Gasteiger partial charge in [0.05, 0.1) is 0 Å². The number of oxime groups is 1. The van der Waals surface area contributed by atoms with Crippen molar-refractivity contribution in [2.45, 2.75) is 58.3 Å². The molecule has 106 valence electrons. The van der Waals surface area contributed by atoms with Gasteiger partial charge in [0.1, 0.15) is 5.84 Å². The normalized spacial score (nSPS) is 25.3. The molecule has 0 amide bonds. The maximum absolute atomic E-state index is 8.39. The predicted molar refractivity (Wildman–Crippen MR) is 75.9 cm³/mol. The van der Waals surface area contributed by atoms with E-state index in [2.05, 4.69) is 17.4 Å². The van der Waals surface area contributed by atoms with Gasteiger partial charge < -0.3 is 16.3 Å². The molecule has 4 N–H and O–H groups in total. The minimum absolute atomic E-state index is 0.339. The number of rotatable bonds is 8. The van der Waals surface area contributed by atoms with Crippen molar-refractivity contribution in [3.8, 4) is 0 Å². The molecule has 18 heavy (non-hydrogen) atoms. The molecule has 0 bridgehead atoms. The molecule has 1 saturated carbocycles. The summed E-state index contributed by atoms with van der Waals surface area (Å²) in [5.74, 6) is 2.24. The van der Waals surface area contributed by atoms with Gasteiger partial charge in [0.25, 0.3) is 0 Å². The topological polar surface area (TPSA) is 70.6 Å². The zero-order valence-corrected chi connectivity index (χ0v) is 11.7. The summed E-state index contributed by atoms with van der Waals surface area (Å²) in [6, 6.07) is 0. The van der Waals surface area contributed by atoms with Crippen LogP contribution in [0.1, 0.15) is 58.3 Å². The van der Waals surface area contributed by atoms with Crippen molar-refractivity contribution >= 4 is 5.84 Å². The van der Waals surface area contributed by atoms with E-state index in [9.17, 15) is 0 Å². The average Bonchev–Trinajstić information content (AvgIpc) is 2.39. The Balaban J connectivity index is 1.87. The summed E-state index contributed by atoms with van der Waals surface area (Å²) in [5.41, 5.74) is 5.40. The third kappa shape index (κ3) is 6.84. The van der Waals surface area contributed by atoms with Gasteiger partial charge in [-0.1, -0.05) is 37.8 Å². The average molecular weight is 255 g/mol. The first-order chi connectivity index (χ1) is 8.72. The van der Waals surface area contributed by atoms with E-state index in [0.29, 0.717) is 12.3 Å². The van der Waals surface area contributed by atoms with Gasteiger partial charge in [0.15, 0.2) is 0 Å².